The first-order valence-corrected chi connectivity index (χ1v) is 6.77. The van der Waals surface area contributed by atoms with E-state index in [1.165, 1.54) is 0 Å². The van der Waals surface area contributed by atoms with Crippen LogP contribution in [0.1, 0.15) is 5.56 Å². The van der Waals surface area contributed by atoms with Crippen molar-refractivity contribution in [3.8, 4) is 22.6 Å². The number of ether oxygens (including phenoxy) is 2. The number of halogens is 2. The second kappa shape index (κ2) is 6.35. The van der Waals surface area contributed by atoms with E-state index in [0.29, 0.717) is 28.1 Å². The Morgan fingerprint density at radius 3 is 2.35 bits per heavy atom. The zero-order valence-electron chi connectivity index (χ0n) is 11.2. The molecule has 0 aliphatic carbocycles. The van der Waals surface area contributed by atoms with E-state index in [0.717, 1.165) is 16.7 Å². The summed E-state index contributed by atoms with van der Waals surface area (Å²) in [6.07, 6.45) is 0. The van der Waals surface area contributed by atoms with E-state index in [1.54, 1.807) is 20.3 Å². The molecule has 2 N–H and O–H groups in total. The average Bonchev–Trinajstić information content (AvgIpc) is 2.46. The van der Waals surface area contributed by atoms with Gasteiger partial charge in [-0.15, -0.1) is 0 Å². The lowest BCUT2D eigenvalue weighted by Gasteiger charge is -2.15. The second-order valence-corrected chi connectivity index (χ2v) is 4.98. The van der Waals surface area contributed by atoms with Gasteiger partial charge in [-0.05, 0) is 35.4 Å². The molecule has 0 spiro atoms. The van der Waals surface area contributed by atoms with Crippen molar-refractivity contribution in [1.29, 1.82) is 0 Å². The Bertz CT molecular complexity index is 630. The molecule has 3 nitrogen and oxygen atoms in total. The lowest BCUT2D eigenvalue weighted by atomic mass is 9.98. The summed E-state index contributed by atoms with van der Waals surface area (Å²) in [6.45, 7) is 0.402. The van der Waals surface area contributed by atoms with Crippen molar-refractivity contribution in [2.75, 3.05) is 14.2 Å². The van der Waals surface area contributed by atoms with Crippen LogP contribution in [0.4, 0.5) is 0 Å². The van der Waals surface area contributed by atoms with Gasteiger partial charge in [-0.2, -0.15) is 0 Å². The number of hydrogen-bond acceptors (Lipinski definition) is 3. The predicted octanol–water partition coefficient (Wildman–Crippen LogP) is 4.14. The van der Waals surface area contributed by atoms with Gasteiger partial charge < -0.3 is 15.2 Å². The van der Waals surface area contributed by atoms with Crippen molar-refractivity contribution in [3.63, 3.8) is 0 Å². The highest BCUT2D eigenvalue weighted by Crippen LogP contribution is 2.43. The minimum absolute atomic E-state index is 0.402. The molecule has 106 valence electrons. The first kappa shape index (κ1) is 15.0. The summed E-state index contributed by atoms with van der Waals surface area (Å²) in [7, 11) is 3.13. The normalized spacial score (nSPS) is 10.4. The Morgan fingerprint density at radius 2 is 1.75 bits per heavy atom. The minimum atomic E-state index is 0.402. The first-order chi connectivity index (χ1) is 9.62. The van der Waals surface area contributed by atoms with Crippen LogP contribution in [-0.4, -0.2) is 14.2 Å². The Hall–Kier alpha value is -1.42. The Kier molecular flexibility index (Phi) is 4.76. The molecular formula is C15H15Cl2NO2. The highest BCUT2D eigenvalue weighted by Gasteiger charge is 2.16. The van der Waals surface area contributed by atoms with Gasteiger partial charge >= 0.3 is 0 Å². The maximum Gasteiger partial charge on any atom is 0.149 e. The van der Waals surface area contributed by atoms with E-state index in [4.69, 9.17) is 38.4 Å². The Labute approximate surface area is 128 Å². The molecule has 0 aliphatic rings. The number of nitrogens with two attached hydrogens (primary N) is 1. The number of rotatable bonds is 4. The molecule has 2 aromatic rings. The summed E-state index contributed by atoms with van der Waals surface area (Å²) < 4.78 is 10.6. The van der Waals surface area contributed by atoms with E-state index in [9.17, 15) is 0 Å². The zero-order chi connectivity index (χ0) is 14.7. The van der Waals surface area contributed by atoms with E-state index in [2.05, 4.69) is 0 Å². The van der Waals surface area contributed by atoms with Gasteiger partial charge in [-0.3, -0.25) is 0 Å². The molecule has 0 fully saturated rings. The third-order valence-electron chi connectivity index (χ3n) is 3.07. The molecule has 0 unspecified atom stereocenters. The Balaban J connectivity index is 2.69. The van der Waals surface area contributed by atoms with E-state index in [-0.39, 0.29) is 0 Å². The maximum atomic E-state index is 6.29. The fraction of sp³-hybridized carbons (Fsp3) is 0.200. The summed E-state index contributed by atoms with van der Waals surface area (Å²) in [6, 6.07) is 9.24. The number of benzene rings is 2. The van der Waals surface area contributed by atoms with Crippen LogP contribution in [-0.2, 0) is 6.54 Å². The molecule has 5 heteroatoms. The lowest BCUT2D eigenvalue weighted by Crippen LogP contribution is -2.00. The van der Waals surface area contributed by atoms with E-state index in [1.807, 2.05) is 24.3 Å². The van der Waals surface area contributed by atoms with Crippen LogP contribution < -0.4 is 15.2 Å². The van der Waals surface area contributed by atoms with Crippen LogP contribution in [0.5, 0.6) is 11.5 Å². The topological polar surface area (TPSA) is 44.5 Å². The van der Waals surface area contributed by atoms with Gasteiger partial charge in [0.25, 0.3) is 0 Å². The lowest BCUT2D eigenvalue weighted by molar-refractivity contribution is 0.396. The zero-order valence-corrected chi connectivity index (χ0v) is 12.8. The van der Waals surface area contributed by atoms with Crippen molar-refractivity contribution in [1.82, 2.24) is 0 Å². The van der Waals surface area contributed by atoms with E-state index < -0.39 is 0 Å². The standard InChI is InChI=1S/C15H15Cl2NO2/c1-19-13-6-5-11(15(20-2)14(13)17)12-7-10(16)4-3-9(12)8-18/h3-7H,8,18H2,1-2H3. The molecule has 0 heterocycles. The van der Waals surface area contributed by atoms with Crippen LogP contribution in [0.15, 0.2) is 30.3 Å². The Morgan fingerprint density at radius 1 is 1.00 bits per heavy atom. The highest BCUT2D eigenvalue weighted by molar-refractivity contribution is 6.34. The van der Waals surface area contributed by atoms with Crippen LogP contribution in [0.3, 0.4) is 0 Å². The van der Waals surface area contributed by atoms with Gasteiger partial charge in [0, 0.05) is 17.1 Å². The SMILES string of the molecule is COc1ccc(-c2cc(Cl)ccc2CN)c(OC)c1Cl. The average molecular weight is 312 g/mol. The maximum absolute atomic E-state index is 6.29. The van der Waals surface area contributed by atoms with Crippen molar-refractivity contribution < 1.29 is 9.47 Å². The summed E-state index contributed by atoms with van der Waals surface area (Å²) in [4.78, 5) is 0. The largest absolute Gasteiger partial charge is 0.495 e. The van der Waals surface area contributed by atoms with E-state index >= 15 is 0 Å². The molecule has 2 aromatic carbocycles. The molecule has 0 saturated heterocycles. The van der Waals surface area contributed by atoms with Crippen molar-refractivity contribution >= 4 is 23.2 Å². The quantitative estimate of drug-likeness (QED) is 0.923. The van der Waals surface area contributed by atoms with Crippen LogP contribution in [0.25, 0.3) is 11.1 Å². The van der Waals surface area contributed by atoms with Crippen LogP contribution in [0, 0.1) is 0 Å². The number of hydrogen-bond donors (Lipinski definition) is 1. The summed E-state index contributed by atoms with van der Waals surface area (Å²) in [5.41, 5.74) is 8.49. The molecule has 0 atom stereocenters. The molecule has 0 amide bonds. The minimum Gasteiger partial charge on any atom is -0.495 e. The summed E-state index contributed by atoms with van der Waals surface area (Å²) >= 11 is 12.4. The van der Waals surface area contributed by atoms with Gasteiger partial charge in [0.1, 0.15) is 16.5 Å². The molecule has 0 aromatic heterocycles. The summed E-state index contributed by atoms with van der Waals surface area (Å²) in [5.74, 6) is 1.10. The van der Waals surface area contributed by atoms with Crippen molar-refractivity contribution in [2.24, 2.45) is 5.73 Å². The third kappa shape index (κ3) is 2.70. The molecule has 0 aliphatic heterocycles. The van der Waals surface area contributed by atoms with Crippen molar-refractivity contribution in [3.05, 3.63) is 45.9 Å². The molecular weight excluding hydrogens is 297 g/mol. The van der Waals surface area contributed by atoms with Crippen LogP contribution in [0.2, 0.25) is 10.0 Å². The monoisotopic (exact) mass is 311 g/mol. The van der Waals surface area contributed by atoms with Gasteiger partial charge in [-0.1, -0.05) is 29.3 Å². The molecule has 0 bridgehead atoms. The molecule has 20 heavy (non-hydrogen) atoms. The molecule has 0 radical (unpaired) electrons. The highest BCUT2D eigenvalue weighted by atomic mass is 35.5. The van der Waals surface area contributed by atoms with Gasteiger partial charge in [0.2, 0.25) is 0 Å². The first-order valence-electron chi connectivity index (χ1n) is 6.01. The fourth-order valence-corrected chi connectivity index (χ4v) is 2.58. The van der Waals surface area contributed by atoms with Crippen molar-refractivity contribution in [2.45, 2.75) is 6.54 Å². The van der Waals surface area contributed by atoms with Gasteiger partial charge in [0.05, 0.1) is 14.2 Å². The summed E-state index contributed by atoms with van der Waals surface area (Å²) in [5, 5.41) is 1.06. The van der Waals surface area contributed by atoms with Crippen LogP contribution >= 0.6 is 23.2 Å². The van der Waals surface area contributed by atoms with Gasteiger partial charge in [0.15, 0.2) is 0 Å². The smallest absolute Gasteiger partial charge is 0.149 e. The van der Waals surface area contributed by atoms with Gasteiger partial charge in [-0.25, -0.2) is 0 Å². The second-order valence-electron chi connectivity index (χ2n) is 4.17. The third-order valence-corrected chi connectivity index (χ3v) is 3.66. The number of methoxy groups -OCH3 is 2. The molecule has 2 rings (SSSR count). The fourth-order valence-electron chi connectivity index (χ4n) is 2.08. The predicted molar refractivity (Wildman–Crippen MR) is 82.9 cm³/mol. The molecule has 0 saturated carbocycles.